The van der Waals surface area contributed by atoms with E-state index in [4.69, 9.17) is 5.11 Å². The molecule has 0 aromatic carbocycles. The van der Waals surface area contributed by atoms with Crippen molar-refractivity contribution in [3.63, 3.8) is 0 Å². The summed E-state index contributed by atoms with van der Waals surface area (Å²) in [5.41, 5.74) is 0. The van der Waals surface area contributed by atoms with E-state index in [0.29, 0.717) is 19.3 Å². The minimum absolute atomic E-state index is 0.0159. The molecule has 6 heteroatoms. The lowest BCUT2D eigenvalue weighted by molar-refractivity contribution is -0.141. The predicted molar refractivity (Wildman–Crippen MR) is 69.8 cm³/mol. The van der Waals surface area contributed by atoms with E-state index < -0.39 is 21.9 Å². The van der Waals surface area contributed by atoms with Crippen molar-refractivity contribution in [1.82, 2.24) is 4.72 Å². The van der Waals surface area contributed by atoms with Crippen LogP contribution in [0, 0.1) is 5.92 Å². The van der Waals surface area contributed by atoms with Crippen LogP contribution in [0.1, 0.15) is 51.9 Å². The van der Waals surface area contributed by atoms with E-state index in [1.807, 2.05) is 6.92 Å². The molecule has 1 rings (SSSR count). The fraction of sp³-hybridized carbons (Fsp3) is 0.917. The van der Waals surface area contributed by atoms with Gasteiger partial charge in [0, 0.05) is 6.54 Å². The van der Waals surface area contributed by atoms with Gasteiger partial charge in [0.15, 0.2) is 0 Å². The quantitative estimate of drug-likeness (QED) is 0.742. The number of aliphatic carboxylic acids is 1. The molecular weight excluding hydrogens is 254 g/mol. The van der Waals surface area contributed by atoms with Crippen LogP contribution in [0.3, 0.4) is 0 Å². The largest absolute Gasteiger partial charge is 0.481 e. The van der Waals surface area contributed by atoms with Crippen LogP contribution >= 0.6 is 0 Å². The van der Waals surface area contributed by atoms with Gasteiger partial charge >= 0.3 is 5.97 Å². The highest BCUT2D eigenvalue weighted by Crippen LogP contribution is 2.23. The Morgan fingerprint density at radius 2 is 1.94 bits per heavy atom. The van der Waals surface area contributed by atoms with Crippen LogP contribution in [-0.4, -0.2) is 31.3 Å². The molecule has 0 bridgehead atoms. The molecule has 0 aliphatic heterocycles. The maximum atomic E-state index is 12.0. The molecule has 0 saturated heterocycles. The normalized spacial score (nSPS) is 19.6. The number of hydrogen-bond acceptors (Lipinski definition) is 3. The zero-order valence-corrected chi connectivity index (χ0v) is 11.7. The average Bonchev–Trinajstić information content (AvgIpc) is 2.35. The standard InChI is InChI=1S/C12H23NO4S/c1-2-6-10(12(14)15)9-13-18(16,17)11-7-4-3-5-8-11/h10-11,13H,2-9H2,1H3,(H,14,15). The van der Waals surface area contributed by atoms with Gasteiger partial charge in [0.25, 0.3) is 0 Å². The molecule has 1 atom stereocenters. The van der Waals surface area contributed by atoms with Crippen molar-refractivity contribution in [3.05, 3.63) is 0 Å². The van der Waals surface area contributed by atoms with Crippen LogP contribution in [0.15, 0.2) is 0 Å². The lowest BCUT2D eigenvalue weighted by Crippen LogP contribution is -2.39. The van der Waals surface area contributed by atoms with Crippen molar-refractivity contribution in [2.45, 2.75) is 57.1 Å². The first-order chi connectivity index (χ1) is 8.47. The summed E-state index contributed by atoms with van der Waals surface area (Å²) in [6.45, 7) is 1.91. The Morgan fingerprint density at radius 1 is 1.33 bits per heavy atom. The number of carboxylic acid groups (broad SMARTS) is 1. The van der Waals surface area contributed by atoms with Crippen molar-refractivity contribution in [2.75, 3.05) is 6.54 Å². The molecule has 1 saturated carbocycles. The molecule has 5 nitrogen and oxygen atoms in total. The first kappa shape index (κ1) is 15.4. The molecule has 0 spiro atoms. The molecule has 106 valence electrons. The number of hydrogen-bond donors (Lipinski definition) is 2. The zero-order valence-electron chi connectivity index (χ0n) is 10.9. The third-order valence-corrected chi connectivity index (χ3v) is 5.43. The monoisotopic (exact) mass is 277 g/mol. The Morgan fingerprint density at radius 3 is 2.44 bits per heavy atom. The smallest absolute Gasteiger partial charge is 0.307 e. The van der Waals surface area contributed by atoms with Gasteiger partial charge in [0.2, 0.25) is 10.0 Å². The summed E-state index contributed by atoms with van der Waals surface area (Å²) in [5, 5.41) is 8.65. The van der Waals surface area contributed by atoms with Crippen LogP contribution < -0.4 is 4.72 Å². The van der Waals surface area contributed by atoms with Crippen LogP contribution in [0.2, 0.25) is 0 Å². The summed E-state index contributed by atoms with van der Waals surface area (Å²) < 4.78 is 26.5. The van der Waals surface area contributed by atoms with Crippen LogP contribution in [0.4, 0.5) is 0 Å². The first-order valence-corrected chi connectivity index (χ1v) is 8.23. The molecule has 0 amide bonds. The Labute approximate surface area is 109 Å². The van der Waals surface area contributed by atoms with E-state index in [2.05, 4.69) is 4.72 Å². The minimum Gasteiger partial charge on any atom is -0.481 e. The Hall–Kier alpha value is -0.620. The summed E-state index contributed by atoms with van der Waals surface area (Å²) in [4.78, 5) is 10.9. The van der Waals surface area contributed by atoms with Crippen LogP contribution in [0.25, 0.3) is 0 Å². The SMILES string of the molecule is CCCC(CNS(=O)(=O)C1CCCCC1)C(=O)O. The van der Waals surface area contributed by atoms with Gasteiger partial charge in [-0.15, -0.1) is 0 Å². The van der Waals surface area contributed by atoms with Crippen molar-refractivity contribution < 1.29 is 18.3 Å². The van der Waals surface area contributed by atoms with E-state index in [1.54, 1.807) is 0 Å². The van der Waals surface area contributed by atoms with E-state index in [0.717, 1.165) is 25.7 Å². The summed E-state index contributed by atoms with van der Waals surface area (Å²) in [6.07, 6.45) is 5.62. The summed E-state index contributed by atoms with van der Waals surface area (Å²) in [6, 6.07) is 0. The summed E-state index contributed by atoms with van der Waals surface area (Å²) in [5.74, 6) is -1.54. The lowest BCUT2D eigenvalue weighted by atomic mass is 10.0. The van der Waals surface area contributed by atoms with Crippen molar-refractivity contribution >= 4 is 16.0 Å². The first-order valence-electron chi connectivity index (χ1n) is 6.68. The van der Waals surface area contributed by atoms with Gasteiger partial charge < -0.3 is 5.11 Å². The lowest BCUT2D eigenvalue weighted by Gasteiger charge is -2.23. The second-order valence-corrected chi connectivity index (χ2v) is 7.02. The average molecular weight is 277 g/mol. The topological polar surface area (TPSA) is 83.5 Å². The van der Waals surface area contributed by atoms with Crippen LogP contribution in [0.5, 0.6) is 0 Å². The molecule has 0 radical (unpaired) electrons. The summed E-state index contributed by atoms with van der Waals surface area (Å²) >= 11 is 0. The maximum Gasteiger partial charge on any atom is 0.307 e. The molecule has 18 heavy (non-hydrogen) atoms. The van der Waals surface area contributed by atoms with E-state index >= 15 is 0 Å². The predicted octanol–water partition coefficient (Wildman–Crippen LogP) is 1.74. The molecule has 0 heterocycles. The van der Waals surface area contributed by atoms with Gasteiger partial charge in [-0.25, -0.2) is 13.1 Å². The number of carbonyl (C=O) groups is 1. The van der Waals surface area contributed by atoms with E-state index in [-0.39, 0.29) is 11.8 Å². The third-order valence-electron chi connectivity index (χ3n) is 3.51. The summed E-state index contributed by atoms with van der Waals surface area (Å²) in [7, 11) is -3.34. The molecule has 1 aliphatic rings. The van der Waals surface area contributed by atoms with Gasteiger partial charge in [-0.05, 0) is 19.3 Å². The highest BCUT2D eigenvalue weighted by Gasteiger charge is 2.28. The van der Waals surface area contributed by atoms with Gasteiger partial charge in [-0.1, -0.05) is 32.6 Å². The molecule has 1 unspecified atom stereocenters. The second-order valence-electron chi connectivity index (χ2n) is 4.98. The molecular formula is C12H23NO4S. The zero-order chi connectivity index (χ0) is 13.6. The molecule has 2 N–H and O–H groups in total. The number of sulfonamides is 1. The Kier molecular flexibility index (Phi) is 6.08. The van der Waals surface area contributed by atoms with Gasteiger partial charge in [0.05, 0.1) is 11.2 Å². The highest BCUT2D eigenvalue weighted by atomic mass is 32.2. The molecule has 1 fully saturated rings. The number of nitrogens with one attached hydrogen (secondary N) is 1. The number of rotatable bonds is 7. The number of carboxylic acids is 1. The van der Waals surface area contributed by atoms with Gasteiger partial charge in [-0.2, -0.15) is 0 Å². The molecule has 0 aromatic heterocycles. The van der Waals surface area contributed by atoms with Crippen molar-refractivity contribution in [2.24, 2.45) is 5.92 Å². The fourth-order valence-corrected chi connectivity index (χ4v) is 3.99. The Bertz CT molecular complexity index is 360. The van der Waals surface area contributed by atoms with Gasteiger partial charge in [-0.3, -0.25) is 4.79 Å². The minimum atomic E-state index is -3.34. The fourth-order valence-electron chi connectivity index (χ4n) is 2.37. The highest BCUT2D eigenvalue weighted by molar-refractivity contribution is 7.90. The van der Waals surface area contributed by atoms with E-state index in [9.17, 15) is 13.2 Å². The van der Waals surface area contributed by atoms with Crippen molar-refractivity contribution in [1.29, 1.82) is 0 Å². The molecule has 0 aromatic rings. The van der Waals surface area contributed by atoms with Gasteiger partial charge in [0.1, 0.15) is 0 Å². The molecule has 1 aliphatic carbocycles. The Balaban J connectivity index is 2.51. The van der Waals surface area contributed by atoms with Crippen molar-refractivity contribution in [3.8, 4) is 0 Å². The van der Waals surface area contributed by atoms with E-state index in [1.165, 1.54) is 0 Å². The third kappa shape index (κ3) is 4.57. The maximum absolute atomic E-state index is 12.0. The second kappa shape index (κ2) is 7.09. The van der Waals surface area contributed by atoms with Crippen LogP contribution in [-0.2, 0) is 14.8 Å².